The molecule has 0 radical (unpaired) electrons. The maximum absolute atomic E-state index is 12.5. The number of anilines is 1. The number of fused-ring (bicyclic) bond motifs is 1. The van der Waals surface area contributed by atoms with E-state index in [9.17, 15) is 9.59 Å². The number of amides is 2. The van der Waals surface area contributed by atoms with E-state index in [-0.39, 0.29) is 17.9 Å². The molecule has 0 unspecified atom stereocenters. The predicted octanol–water partition coefficient (Wildman–Crippen LogP) is 1.69. The Kier molecular flexibility index (Phi) is 2.09. The second-order valence-corrected chi connectivity index (χ2v) is 5.64. The molecule has 1 heterocycles. The summed E-state index contributed by atoms with van der Waals surface area (Å²) in [5.41, 5.74) is 7.01. The van der Waals surface area contributed by atoms with Gasteiger partial charge in [-0.15, -0.1) is 0 Å². The molecule has 1 aliphatic carbocycles. The van der Waals surface area contributed by atoms with Crippen LogP contribution in [0.15, 0.2) is 18.2 Å². The van der Waals surface area contributed by atoms with E-state index in [0.29, 0.717) is 11.3 Å². The van der Waals surface area contributed by atoms with Gasteiger partial charge in [0.15, 0.2) is 0 Å². The van der Waals surface area contributed by atoms with Crippen LogP contribution in [0.3, 0.4) is 0 Å². The molecule has 0 bridgehead atoms. The fraction of sp³-hybridized carbons (Fsp3) is 0.429. The number of hydrogen-bond donors (Lipinski definition) is 1. The van der Waals surface area contributed by atoms with Gasteiger partial charge in [0.2, 0.25) is 5.91 Å². The molecule has 1 saturated carbocycles. The quantitative estimate of drug-likeness (QED) is 0.604. The smallest absolute Gasteiger partial charge is 0.261 e. The highest BCUT2D eigenvalue weighted by molar-refractivity contribution is 6.13. The van der Waals surface area contributed by atoms with Crippen LogP contribution in [0.2, 0.25) is 0 Å². The Morgan fingerprint density at radius 3 is 2.56 bits per heavy atom. The summed E-state index contributed by atoms with van der Waals surface area (Å²) in [5, 5.41) is 0. The van der Waals surface area contributed by atoms with Crippen molar-refractivity contribution in [3.05, 3.63) is 29.3 Å². The standard InChI is InChI=1S/C14H16N2O2/c1-14(2)11-6-3-8(15)7-10(11)12(17)16(13(14)18)9-4-5-9/h3,6-7,9H,4-5,15H2,1-2H3. The van der Waals surface area contributed by atoms with Crippen molar-refractivity contribution in [1.29, 1.82) is 0 Å². The number of carbonyl (C=O) groups excluding carboxylic acids is 2. The van der Waals surface area contributed by atoms with E-state index >= 15 is 0 Å². The van der Waals surface area contributed by atoms with Crippen LogP contribution in [0.25, 0.3) is 0 Å². The third-order valence-electron chi connectivity index (χ3n) is 3.83. The van der Waals surface area contributed by atoms with Crippen molar-refractivity contribution in [3.63, 3.8) is 0 Å². The molecule has 0 saturated heterocycles. The maximum atomic E-state index is 12.5. The molecule has 1 fully saturated rings. The van der Waals surface area contributed by atoms with Gasteiger partial charge in [0, 0.05) is 17.3 Å². The molecular formula is C14H16N2O2. The molecule has 3 rings (SSSR count). The highest BCUT2D eigenvalue weighted by Crippen LogP contribution is 2.40. The molecule has 1 aromatic rings. The highest BCUT2D eigenvalue weighted by atomic mass is 16.2. The number of hydrogen-bond acceptors (Lipinski definition) is 3. The number of rotatable bonds is 1. The van der Waals surface area contributed by atoms with E-state index in [0.717, 1.165) is 18.4 Å². The van der Waals surface area contributed by atoms with E-state index < -0.39 is 5.41 Å². The summed E-state index contributed by atoms with van der Waals surface area (Å²) >= 11 is 0. The summed E-state index contributed by atoms with van der Waals surface area (Å²) in [5.74, 6) is -0.281. The highest BCUT2D eigenvalue weighted by Gasteiger charge is 2.49. The third-order valence-corrected chi connectivity index (χ3v) is 3.83. The first-order chi connectivity index (χ1) is 8.43. The molecule has 4 heteroatoms. The zero-order valence-corrected chi connectivity index (χ0v) is 10.6. The van der Waals surface area contributed by atoms with Crippen molar-refractivity contribution < 1.29 is 9.59 Å². The molecule has 2 N–H and O–H groups in total. The number of nitrogen functional groups attached to an aromatic ring is 1. The second-order valence-electron chi connectivity index (χ2n) is 5.64. The summed E-state index contributed by atoms with van der Waals surface area (Å²) in [6.45, 7) is 3.73. The molecule has 0 spiro atoms. The first-order valence-electron chi connectivity index (χ1n) is 6.21. The first kappa shape index (κ1) is 11.3. The SMILES string of the molecule is CC1(C)C(=O)N(C2CC2)C(=O)c2cc(N)ccc21. The monoisotopic (exact) mass is 244 g/mol. The first-order valence-corrected chi connectivity index (χ1v) is 6.21. The van der Waals surface area contributed by atoms with Crippen molar-refractivity contribution in [1.82, 2.24) is 4.90 Å². The molecule has 2 amide bonds. The minimum Gasteiger partial charge on any atom is -0.399 e. The lowest BCUT2D eigenvalue weighted by atomic mass is 9.77. The minimum absolute atomic E-state index is 0.0905. The van der Waals surface area contributed by atoms with Crippen LogP contribution in [0, 0.1) is 0 Å². The topological polar surface area (TPSA) is 63.4 Å². The Labute approximate surface area is 106 Å². The lowest BCUT2D eigenvalue weighted by Crippen LogP contribution is -2.52. The summed E-state index contributed by atoms with van der Waals surface area (Å²) in [6, 6.07) is 5.32. The van der Waals surface area contributed by atoms with Crippen LogP contribution < -0.4 is 5.73 Å². The normalized spacial score (nSPS) is 22.0. The van der Waals surface area contributed by atoms with Gasteiger partial charge in [0.1, 0.15) is 0 Å². The van der Waals surface area contributed by atoms with Crippen LogP contribution in [0.5, 0.6) is 0 Å². The lowest BCUT2D eigenvalue weighted by Gasteiger charge is -2.37. The summed E-state index contributed by atoms with van der Waals surface area (Å²) in [4.78, 5) is 26.3. The van der Waals surface area contributed by atoms with Gasteiger partial charge in [-0.1, -0.05) is 6.07 Å². The average Bonchev–Trinajstić information content (AvgIpc) is 3.11. The van der Waals surface area contributed by atoms with Gasteiger partial charge in [-0.25, -0.2) is 0 Å². The Morgan fingerprint density at radius 1 is 1.28 bits per heavy atom. The molecule has 0 aromatic heterocycles. The molecule has 2 aliphatic rings. The fourth-order valence-electron chi connectivity index (χ4n) is 2.59. The van der Waals surface area contributed by atoms with Gasteiger partial charge in [-0.05, 0) is 44.4 Å². The van der Waals surface area contributed by atoms with Crippen LogP contribution >= 0.6 is 0 Å². The van der Waals surface area contributed by atoms with E-state index in [4.69, 9.17) is 5.73 Å². The summed E-state index contributed by atoms with van der Waals surface area (Å²) < 4.78 is 0. The molecule has 94 valence electrons. The Bertz CT molecular complexity index is 559. The Hall–Kier alpha value is -1.84. The summed E-state index contributed by atoms with van der Waals surface area (Å²) in [6.07, 6.45) is 1.84. The molecular weight excluding hydrogens is 228 g/mol. The molecule has 1 aromatic carbocycles. The maximum Gasteiger partial charge on any atom is 0.261 e. The van der Waals surface area contributed by atoms with Crippen LogP contribution in [0.4, 0.5) is 5.69 Å². The summed E-state index contributed by atoms with van der Waals surface area (Å²) in [7, 11) is 0. The Morgan fingerprint density at radius 2 is 1.94 bits per heavy atom. The zero-order chi connectivity index (χ0) is 13.1. The molecule has 4 nitrogen and oxygen atoms in total. The van der Waals surface area contributed by atoms with Gasteiger partial charge in [-0.2, -0.15) is 0 Å². The average molecular weight is 244 g/mol. The number of imide groups is 1. The van der Waals surface area contributed by atoms with Crippen LogP contribution in [-0.4, -0.2) is 22.8 Å². The van der Waals surface area contributed by atoms with E-state index in [1.807, 2.05) is 13.8 Å². The number of nitrogens with zero attached hydrogens (tertiary/aromatic N) is 1. The predicted molar refractivity (Wildman–Crippen MR) is 68.1 cm³/mol. The Balaban J connectivity index is 2.20. The lowest BCUT2D eigenvalue weighted by molar-refractivity contribution is -0.134. The third kappa shape index (κ3) is 1.38. The number of carbonyl (C=O) groups is 2. The fourth-order valence-corrected chi connectivity index (χ4v) is 2.59. The molecule has 1 aliphatic heterocycles. The largest absolute Gasteiger partial charge is 0.399 e. The zero-order valence-electron chi connectivity index (χ0n) is 10.6. The van der Waals surface area contributed by atoms with Gasteiger partial charge in [0.05, 0.1) is 5.41 Å². The molecule has 0 atom stereocenters. The van der Waals surface area contributed by atoms with Crippen molar-refractivity contribution in [2.45, 2.75) is 38.1 Å². The second kappa shape index (κ2) is 3.34. The van der Waals surface area contributed by atoms with Crippen molar-refractivity contribution in [2.24, 2.45) is 0 Å². The van der Waals surface area contributed by atoms with Crippen molar-refractivity contribution in [3.8, 4) is 0 Å². The van der Waals surface area contributed by atoms with Crippen LogP contribution in [-0.2, 0) is 10.2 Å². The van der Waals surface area contributed by atoms with E-state index in [1.165, 1.54) is 4.90 Å². The van der Waals surface area contributed by atoms with Gasteiger partial charge >= 0.3 is 0 Å². The van der Waals surface area contributed by atoms with Crippen molar-refractivity contribution >= 4 is 17.5 Å². The van der Waals surface area contributed by atoms with Gasteiger partial charge in [-0.3, -0.25) is 14.5 Å². The minimum atomic E-state index is -0.653. The van der Waals surface area contributed by atoms with Crippen LogP contribution in [0.1, 0.15) is 42.6 Å². The van der Waals surface area contributed by atoms with Gasteiger partial charge < -0.3 is 5.73 Å². The van der Waals surface area contributed by atoms with Gasteiger partial charge in [0.25, 0.3) is 5.91 Å². The number of nitrogens with two attached hydrogens (primary N) is 1. The van der Waals surface area contributed by atoms with E-state index in [1.54, 1.807) is 18.2 Å². The number of benzene rings is 1. The van der Waals surface area contributed by atoms with E-state index in [2.05, 4.69) is 0 Å². The molecule has 18 heavy (non-hydrogen) atoms. The van der Waals surface area contributed by atoms with Crippen molar-refractivity contribution in [2.75, 3.05) is 5.73 Å².